The number of carboxylic acids is 1. The van der Waals surface area contributed by atoms with Gasteiger partial charge in [0.25, 0.3) is 0 Å². The summed E-state index contributed by atoms with van der Waals surface area (Å²) >= 11 is 1.14. The normalized spacial score (nSPS) is 10.6. The van der Waals surface area contributed by atoms with E-state index in [0.29, 0.717) is 18.2 Å². The Kier molecular flexibility index (Phi) is 6.57. The van der Waals surface area contributed by atoms with Gasteiger partial charge in [0.1, 0.15) is 6.54 Å². The second kappa shape index (κ2) is 7.94. The molecular formula is C13H21N3O3S. The number of aliphatic carboxylic acids is 1. The van der Waals surface area contributed by atoms with E-state index in [4.69, 9.17) is 5.11 Å². The maximum atomic E-state index is 12.2. The van der Waals surface area contributed by atoms with E-state index in [1.807, 2.05) is 25.3 Å². The Bertz CT molecular complexity index is 469. The van der Waals surface area contributed by atoms with Crippen LogP contribution in [-0.2, 0) is 22.6 Å². The minimum Gasteiger partial charge on any atom is -0.481 e. The average molecular weight is 299 g/mol. The van der Waals surface area contributed by atoms with Crippen molar-refractivity contribution in [2.45, 2.75) is 38.9 Å². The molecule has 0 aliphatic carbocycles. The number of aryl methyl sites for hydroxylation is 1. The number of likely N-dealkylation sites (N-methyl/N-ethyl adjacent to an activating group) is 1. The Morgan fingerprint density at radius 2 is 2.00 bits per heavy atom. The summed E-state index contributed by atoms with van der Waals surface area (Å²) in [6.07, 6.45) is 2.46. The first kappa shape index (κ1) is 16.6. The Balaban J connectivity index is 2.88. The number of nitrogens with zero attached hydrogens (tertiary/aromatic N) is 3. The predicted molar refractivity (Wildman–Crippen MR) is 77.9 cm³/mol. The molecule has 0 fully saturated rings. The third kappa shape index (κ3) is 4.26. The molecule has 0 unspecified atom stereocenters. The van der Waals surface area contributed by atoms with Crippen molar-refractivity contribution in [3.63, 3.8) is 0 Å². The van der Waals surface area contributed by atoms with E-state index in [0.717, 1.165) is 23.9 Å². The summed E-state index contributed by atoms with van der Waals surface area (Å²) in [6.45, 7) is 7.42. The third-order valence-electron chi connectivity index (χ3n) is 3.00. The standard InChI is InChI=1S/C13H21N3O3S/c1-4-10-7-14-13(20-9-12(18)19)16(10)8-11(17)15(5-2)6-3/h7H,4-6,8-9H2,1-3H3,(H,18,19). The van der Waals surface area contributed by atoms with Gasteiger partial charge in [-0.25, -0.2) is 4.98 Å². The summed E-state index contributed by atoms with van der Waals surface area (Å²) in [4.78, 5) is 28.8. The molecule has 20 heavy (non-hydrogen) atoms. The van der Waals surface area contributed by atoms with E-state index in [1.54, 1.807) is 11.1 Å². The third-order valence-corrected chi connectivity index (χ3v) is 3.97. The fourth-order valence-electron chi connectivity index (χ4n) is 1.90. The largest absolute Gasteiger partial charge is 0.481 e. The first-order valence-corrected chi connectivity index (χ1v) is 7.68. The van der Waals surface area contributed by atoms with Crippen LogP contribution in [0.5, 0.6) is 0 Å². The van der Waals surface area contributed by atoms with Crippen LogP contribution in [0.15, 0.2) is 11.4 Å². The zero-order valence-corrected chi connectivity index (χ0v) is 12.9. The summed E-state index contributed by atoms with van der Waals surface area (Å²) in [7, 11) is 0. The van der Waals surface area contributed by atoms with Gasteiger partial charge < -0.3 is 14.6 Å². The van der Waals surface area contributed by atoms with Crippen LogP contribution < -0.4 is 0 Å². The summed E-state index contributed by atoms with van der Waals surface area (Å²) < 4.78 is 1.81. The molecule has 0 aliphatic rings. The lowest BCUT2D eigenvalue weighted by Crippen LogP contribution is -2.34. The summed E-state index contributed by atoms with van der Waals surface area (Å²) in [5.74, 6) is -0.919. The first-order valence-electron chi connectivity index (χ1n) is 6.70. The number of carboxylic acid groups (broad SMARTS) is 1. The van der Waals surface area contributed by atoms with Crippen LogP contribution in [-0.4, -0.2) is 50.3 Å². The van der Waals surface area contributed by atoms with Crippen molar-refractivity contribution in [3.05, 3.63) is 11.9 Å². The number of rotatable bonds is 8. The van der Waals surface area contributed by atoms with Gasteiger partial charge in [0, 0.05) is 25.0 Å². The second-order valence-corrected chi connectivity index (χ2v) is 5.16. The van der Waals surface area contributed by atoms with Gasteiger partial charge >= 0.3 is 5.97 Å². The lowest BCUT2D eigenvalue weighted by molar-refractivity contribution is -0.134. The smallest absolute Gasteiger partial charge is 0.313 e. The minimum absolute atomic E-state index is 0.0277. The molecule has 0 aliphatic heterocycles. The summed E-state index contributed by atoms with van der Waals surface area (Å²) in [5.41, 5.74) is 0.943. The van der Waals surface area contributed by atoms with Gasteiger partial charge in [-0.1, -0.05) is 18.7 Å². The lowest BCUT2D eigenvalue weighted by atomic mass is 10.3. The highest BCUT2D eigenvalue weighted by Gasteiger charge is 2.16. The Labute approximate surface area is 123 Å². The second-order valence-electron chi connectivity index (χ2n) is 4.22. The van der Waals surface area contributed by atoms with Crippen molar-refractivity contribution in [1.29, 1.82) is 0 Å². The van der Waals surface area contributed by atoms with Gasteiger partial charge in [-0.3, -0.25) is 9.59 Å². The molecule has 1 aromatic rings. The molecule has 0 bridgehead atoms. The number of amides is 1. The van der Waals surface area contributed by atoms with Crippen LogP contribution in [0.3, 0.4) is 0 Å². The van der Waals surface area contributed by atoms with Crippen LogP contribution in [0.25, 0.3) is 0 Å². The van der Waals surface area contributed by atoms with Gasteiger partial charge in [-0.15, -0.1) is 0 Å². The van der Waals surface area contributed by atoms with Crippen molar-refractivity contribution in [3.8, 4) is 0 Å². The van der Waals surface area contributed by atoms with Crippen LogP contribution in [0, 0.1) is 0 Å². The highest BCUT2D eigenvalue weighted by atomic mass is 32.2. The molecule has 7 heteroatoms. The van der Waals surface area contributed by atoms with Crippen molar-refractivity contribution in [2.75, 3.05) is 18.8 Å². The number of carbonyl (C=O) groups is 2. The molecule has 1 heterocycles. The van der Waals surface area contributed by atoms with Crippen LogP contribution in [0.1, 0.15) is 26.5 Å². The van der Waals surface area contributed by atoms with Crippen LogP contribution in [0.2, 0.25) is 0 Å². The molecule has 1 aromatic heterocycles. The molecule has 6 nitrogen and oxygen atoms in total. The number of hydrogen-bond donors (Lipinski definition) is 1. The molecule has 0 saturated heterocycles. The number of aromatic nitrogens is 2. The number of thioether (sulfide) groups is 1. The van der Waals surface area contributed by atoms with Crippen molar-refractivity contribution in [2.24, 2.45) is 0 Å². The monoisotopic (exact) mass is 299 g/mol. The first-order chi connectivity index (χ1) is 9.53. The van der Waals surface area contributed by atoms with Crippen LogP contribution >= 0.6 is 11.8 Å². The Morgan fingerprint density at radius 1 is 1.35 bits per heavy atom. The molecule has 0 aromatic carbocycles. The predicted octanol–water partition coefficient (Wildman–Crippen LogP) is 1.49. The van der Waals surface area contributed by atoms with Gasteiger partial charge in [0.2, 0.25) is 5.91 Å². The van der Waals surface area contributed by atoms with E-state index in [2.05, 4.69) is 4.98 Å². The maximum absolute atomic E-state index is 12.2. The van der Waals surface area contributed by atoms with Crippen molar-refractivity contribution < 1.29 is 14.7 Å². The van der Waals surface area contributed by atoms with E-state index in [-0.39, 0.29) is 18.2 Å². The number of imidazole rings is 1. The average Bonchev–Trinajstić information content (AvgIpc) is 2.80. The molecular weight excluding hydrogens is 278 g/mol. The van der Waals surface area contributed by atoms with Crippen molar-refractivity contribution in [1.82, 2.24) is 14.5 Å². The summed E-state index contributed by atoms with van der Waals surface area (Å²) in [5, 5.41) is 9.33. The SMILES string of the molecule is CCc1cnc(SCC(=O)O)n1CC(=O)N(CC)CC. The van der Waals surface area contributed by atoms with Gasteiger partial charge in [-0.05, 0) is 20.3 Å². The molecule has 112 valence electrons. The Hall–Kier alpha value is -1.50. The highest BCUT2D eigenvalue weighted by Crippen LogP contribution is 2.19. The fourth-order valence-corrected chi connectivity index (χ4v) is 2.61. The van der Waals surface area contributed by atoms with Crippen molar-refractivity contribution >= 4 is 23.6 Å². The highest BCUT2D eigenvalue weighted by molar-refractivity contribution is 7.99. The van der Waals surface area contributed by atoms with Gasteiger partial charge in [0.05, 0.1) is 5.75 Å². The molecule has 0 saturated carbocycles. The quantitative estimate of drug-likeness (QED) is 0.736. The molecule has 1 amide bonds. The van der Waals surface area contributed by atoms with E-state index in [9.17, 15) is 9.59 Å². The molecule has 0 atom stereocenters. The minimum atomic E-state index is -0.891. The summed E-state index contributed by atoms with van der Waals surface area (Å²) in [6, 6.07) is 0. The molecule has 1 N–H and O–H groups in total. The van der Waals surface area contributed by atoms with Gasteiger partial charge in [0.15, 0.2) is 5.16 Å². The molecule has 0 spiro atoms. The van der Waals surface area contributed by atoms with Crippen LogP contribution in [0.4, 0.5) is 0 Å². The van der Waals surface area contributed by atoms with E-state index < -0.39 is 5.97 Å². The number of hydrogen-bond acceptors (Lipinski definition) is 4. The van der Waals surface area contributed by atoms with E-state index in [1.165, 1.54) is 0 Å². The Morgan fingerprint density at radius 3 is 2.50 bits per heavy atom. The zero-order chi connectivity index (χ0) is 15.1. The number of carbonyl (C=O) groups excluding carboxylic acids is 1. The molecule has 1 rings (SSSR count). The maximum Gasteiger partial charge on any atom is 0.313 e. The lowest BCUT2D eigenvalue weighted by Gasteiger charge is -2.20. The fraction of sp³-hybridized carbons (Fsp3) is 0.615. The molecule has 0 radical (unpaired) electrons. The van der Waals surface area contributed by atoms with E-state index >= 15 is 0 Å². The zero-order valence-electron chi connectivity index (χ0n) is 12.1. The van der Waals surface area contributed by atoms with Gasteiger partial charge in [-0.2, -0.15) is 0 Å². The topological polar surface area (TPSA) is 75.4 Å².